The molecule has 7 heteroatoms. The Labute approximate surface area is 194 Å². The second-order valence-corrected chi connectivity index (χ2v) is 8.61. The van der Waals surface area contributed by atoms with Gasteiger partial charge >= 0.3 is 5.97 Å². The number of halogens is 1. The van der Waals surface area contributed by atoms with Crippen molar-refractivity contribution in [3.63, 3.8) is 0 Å². The van der Waals surface area contributed by atoms with Crippen LogP contribution in [0.2, 0.25) is 5.02 Å². The van der Waals surface area contributed by atoms with Crippen LogP contribution in [0.15, 0.2) is 81.7 Å². The molecule has 0 fully saturated rings. The third kappa shape index (κ3) is 4.52. The van der Waals surface area contributed by atoms with Crippen molar-refractivity contribution in [2.45, 2.75) is 19.9 Å². The molecule has 0 aliphatic carbocycles. The van der Waals surface area contributed by atoms with Crippen LogP contribution in [0.4, 0.5) is 0 Å². The van der Waals surface area contributed by atoms with Crippen LogP contribution in [0.5, 0.6) is 0 Å². The zero-order chi connectivity index (χ0) is 22.7. The molecule has 0 N–H and O–H groups in total. The lowest BCUT2D eigenvalue weighted by molar-refractivity contribution is -0.139. The summed E-state index contributed by atoms with van der Waals surface area (Å²) in [6, 6.07) is 16.4. The van der Waals surface area contributed by atoms with E-state index in [1.54, 1.807) is 30.5 Å². The van der Waals surface area contributed by atoms with Gasteiger partial charge in [0.25, 0.3) is 5.56 Å². The molecule has 0 spiro atoms. The van der Waals surface area contributed by atoms with Gasteiger partial charge in [-0.3, -0.25) is 9.36 Å². The summed E-state index contributed by atoms with van der Waals surface area (Å²) in [6.07, 6.45) is 5.56. The fourth-order valence-corrected chi connectivity index (χ4v) is 4.67. The van der Waals surface area contributed by atoms with Gasteiger partial charge in [-0.15, -0.1) is 0 Å². The lowest BCUT2D eigenvalue weighted by Crippen LogP contribution is -2.38. The van der Waals surface area contributed by atoms with Crippen LogP contribution in [-0.2, 0) is 9.53 Å². The maximum absolute atomic E-state index is 13.4. The van der Waals surface area contributed by atoms with E-state index in [4.69, 9.17) is 16.3 Å². The normalized spacial score (nSPS) is 16.2. The Bertz CT molecular complexity index is 1380. The van der Waals surface area contributed by atoms with E-state index >= 15 is 0 Å². The summed E-state index contributed by atoms with van der Waals surface area (Å²) in [6.45, 7) is 3.77. The van der Waals surface area contributed by atoms with Gasteiger partial charge in [0.15, 0.2) is 4.80 Å². The summed E-state index contributed by atoms with van der Waals surface area (Å²) in [5.41, 5.74) is 2.53. The Morgan fingerprint density at radius 3 is 2.56 bits per heavy atom. The number of allylic oxidation sites excluding steroid dienone is 2. The SMILES string of the molecule is CCOC(=O)C1=C(C)N=c2s/c(=C\c3ccc(Cl)cc3)c(=O)n2C1/C=C/c1ccccc1. The third-order valence-electron chi connectivity index (χ3n) is 5.00. The van der Waals surface area contributed by atoms with Crippen LogP contribution in [0.3, 0.4) is 0 Å². The molecule has 1 aliphatic heterocycles. The van der Waals surface area contributed by atoms with Gasteiger partial charge in [-0.2, -0.15) is 0 Å². The van der Waals surface area contributed by atoms with Crippen LogP contribution < -0.4 is 14.9 Å². The van der Waals surface area contributed by atoms with Gasteiger partial charge < -0.3 is 4.74 Å². The molecule has 5 nitrogen and oxygen atoms in total. The zero-order valence-corrected chi connectivity index (χ0v) is 19.2. The number of thiazole rings is 1. The number of nitrogens with zero attached hydrogens (tertiary/aromatic N) is 2. The fourth-order valence-electron chi connectivity index (χ4n) is 3.49. The van der Waals surface area contributed by atoms with Crippen molar-refractivity contribution in [3.8, 4) is 0 Å². The van der Waals surface area contributed by atoms with Gasteiger partial charge in [0, 0.05) is 5.02 Å². The van der Waals surface area contributed by atoms with Gasteiger partial charge in [0.1, 0.15) is 0 Å². The summed E-state index contributed by atoms with van der Waals surface area (Å²) >= 11 is 7.26. The standard InChI is InChI=1S/C25H21ClN2O3S/c1-3-31-24(30)22-16(2)27-25-28(20(22)14-11-17-7-5-4-6-8-17)23(29)21(32-25)15-18-9-12-19(26)13-10-18/h4-15,20H,3H2,1-2H3/b14-11+,21-15-. The largest absolute Gasteiger partial charge is 0.463 e. The van der Waals surface area contributed by atoms with Crippen LogP contribution in [0, 0.1) is 0 Å². The number of hydrogen-bond donors (Lipinski definition) is 0. The van der Waals surface area contributed by atoms with Crippen LogP contribution in [0.1, 0.15) is 31.0 Å². The number of ether oxygens (including phenoxy) is 1. The molecule has 0 saturated carbocycles. The van der Waals surface area contributed by atoms with E-state index in [2.05, 4.69) is 4.99 Å². The number of benzene rings is 2. The van der Waals surface area contributed by atoms with Crippen molar-refractivity contribution in [1.29, 1.82) is 0 Å². The molecular weight excluding hydrogens is 444 g/mol. The second kappa shape index (κ2) is 9.51. The molecule has 1 aliphatic rings. The molecule has 2 aromatic carbocycles. The number of aromatic nitrogens is 1. The smallest absolute Gasteiger partial charge is 0.338 e. The molecule has 1 aromatic heterocycles. The Kier molecular flexibility index (Phi) is 6.53. The molecule has 1 atom stereocenters. The topological polar surface area (TPSA) is 60.7 Å². The van der Waals surface area contributed by atoms with E-state index in [0.29, 0.717) is 25.6 Å². The Morgan fingerprint density at radius 2 is 1.88 bits per heavy atom. The average Bonchev–Trinajstić information content (AvgIpc) is 3.09. The van der Waals surface area contributed by atoms with Crippen molar-refractivity contribution in [1.82, 2.24) is 4.57 Å². The number of carbonyl (C=O) groups is 1. The summed E-state index contributed by atoms with van der Waals surface area (Å²) < 4.78 is 7.37. The third-order valence-corrected chi connectivity index (χ3v) is 6.23. The first-order valence-electron chi connectivity index (χ1n) is 10.2. The van der Waals surface area contributed by atoms with Gasteiger partial charge in [-0.1, -0.05) is 77.6 Å². The van der Waals surface area contributed by atoms with Crippen molar-refractivity contribution in [2.75, 3.05) is 6.61 Å². The summed E-state index contributed by atoms with van der Waals surface area (Å²) in [5, 5.41) is 0.629. The van der Waals surface area contributed by atoms with Gasteiger partial charge in [0.2, 0.25) is 0 Å². The predicted molar refractivity (Wildman–Crippen MR) is 128 cm³/mol. The molecule has 162 valence electrons. The Balaban J connectivity index is 1.87. The zero-order valence-electron chi connectivity index (χ0n) is 17.6. The molecular formula is C25H21ClN2O3S. The highest BCUT2D eigenvalue weighted by Crippen LogP contribution is 2.26. The summed E-state index contributed by atoms with van der Waals surface area (Å²) in [5.74, 6) is -0.469. The molecule has 32 heavy (non-hydrogen) atoms. The maximum atomic E-state index is 13.4. The van der Waals surface area contributed by atoms with E-state index in [0.717, 1.165) is 11.1 Å². The van der Waals surface area contributed by atoms with Gasteiger partial charge in [-0.25, -0.2) is 9.79 Å². The first kappa shape index (κ1) is 22.0. The minimum absolute atomic E-state index is 0.208. The molecule has 1 unspecified atom stereocenters. The summed E-state index contributed by atoms with van der Waals surface area (Å²) in [7, 11) is 0. The fraction of sp³-hybridized carbons (Fsp3) is 0.160. The highest BCUT2D eigenvalue weighted by molar-refractivity contribution is 7.07. The highest BCUT2D eigenvalue weighted by atomic mass is 35.5. The monoisotopic (exact) mass is 464 g/mol. The number of hydrogen-bond acceptors (Lipinski definition) is 5. The number of carbonyl (C=O) groups excluding carboxylic acids is 1. The van der Waals surface area contributed by atoms with E-state index in [1.165, 1.54) is 11.3 Å². The van der Waals surface area contributed by atoms with Crippen molar-refractivity contribution in [2.24, 2.45) is 4.99 Å². The second-order valence-electron chi connectivity index (χ2n) is 7.17. The van der Waals surface area contributed by atoms with Gasteiger partial charge in [0.05, 0.1) is 28.5 Å². The molecule has 3 aromatic rings. The quantitative estimate of drug-likeness (QED) is 0.534. The molecule has 2 heterocycles. The van der Waals surface area contributed by atoms with E-state index in [9.17, 15) is 9.59 Å². The van der Waals surface area contributed by atoms with Crippen LogP contribution >= 0.6 is 22.9 Å². The number of fused-ring (bicyclic) bond motifs is 1. The number of esters is 1. The average molecular weight is 465 g/mol. The van der Waals surface area contributed by atoms with Gasteiger partial charge in [-0.05, 0) is 43.2 Å². The van der Waals surface area contributed by atoms with Crippen LogP contribution in [-0.4, -0.2) is 17.1 Å². The molecule has 0 bridgehead atoms. The summed E-state index contributed by atoms with van der Waals surface area (Å²) in [4.78, 5) is 31.3. The minimum atomic E-state index is -0.613. The van der Waals surface area contributed by atoms with Crippen molar-refractivity contribution >= 4 is 41.1 Å². The highest BCUT2D eigenvalue weighted by Gasteiger charge is 2.30. The lowest BCUT2D eigenvalue weighted by atomic mass is 10.0. The molecule has 0 radical (unpaired) electrons. The Morgan fingerprint density at radius 1 is 1.16 bits per heavy atom. The van der Waals surface area contributed by atoms with Crippen molar-refractivity contribution in [3.05, 3.63) is 108 Å². The predicted octanol–water partition coefficient (Wildman–Crippen LogP) is 4.12. The minimum Gasteiger partial charge on any atom is -0.463 e. The molecule has 0 amide bonds. The lowest BCUT2D eigenvalue weighted by Gasteiger charge is -2.21. The maximum Gasteiger partial charge on any atom is 0.338 e. The molecule has 0 saturated heterocycles. The Hall–Kier alpha value is -3.22. The molecule has 4 rings (SSSR count). The van der Waals surface area contributed by atoms with E-state index in [1.807, 2.05) is 60.7 Å². The van der Waals surface area contributed by atoms with Crippen molar-refractivity contribution < 1.29 is 9.53 Å². The first-order chi connectivity index (χ1) is 15.5. The van der Waals surface area contributed by atoms with E-state index < -0.39 is 12.0 Å². The van der Waals surface area contributed by atoms with Crippen LogP contribution in [0.25, 0.3) is 12.2 Å². The first-order valence-corrected chi connectivity index (χ1v) is 11.4. The van der Waals surface area contributed by atoms with E-state index in [-0.39, 0.29) is 12.2 Å². The number of rotatable bonds is 5.